The largest absolute Gasteiger partial charge is 0.478 e. The van der Waals surface area contributed by atoms with Crippen LogP contribution in [0.3, 0.4) is 0 Å². The van der Waals surface area contributed by atoms with Gasteiger partial charge in [-0.2, -0.15) is 0 Å². The molecule has 0 spiro atoms. The number of carboxylic acid groups (broad SMARTS) is 1. The van der Waals surface area contributed by atoms with Crippen LogP contribution in [0.2, 0.25) is 0 Å². The van der Waals surface area contributed by atoms with Crippen molar-refractivity contribution in [3.8, 4) is 0 Å². The van der Waals surface area contributed by atoms with Crippen molar-refractivity contribution in [2.24, 2.45) is 0 Å². The quantitative estimate of drug-likeness (QED) is 0.903. The van der Waals surface area contributed by atoms with Crippen molar-refractivity contribution in [1.29, 1.82) is 0 Å². The second kappa shape index (κ2) is 4.64. The molecule has 0 fully saturated rings. The van der Waals surface area contributed by atoms with E-state index in [1.807, 2.05) is 43.5 Å². The van der Waals surface area contributed by atoms with E-state index >= 15 is 0 Å². The van der Waals surface area contributed by atoms with Crippen LogP contribution in [0.4, 0.5) is 0 Å². The summed E-state index contributed by atoms with van der Waals surface area (Å²) in [7, 11) is 0. The van der Waals surface area contributed by atoms with Crippen LogP contribution in [-0.2, 0) is 0 Å². The highest BCUT2D eigenvalue weighted by atomic mass is 16.4. The molecule has 0 amide bonds. The molecule has 0 bridgehead atoms. The van der Waals surface area contributed by atoms with Crippen LogP contribution in [-0.4, -0.2) is 20.6 Å². The van der Waals surface area contributed by atoms with Gasteiger partial charge in [0.15, 0.2) is 0 Å². The summed E-state index contributed by atoms with van der Waals surface area (Å²) in [5.74, 6) is -0.887. The van der Waals surface area contributed by atoms with Crippen molar-refractivity contribution < 1.29 is 9.90 Å². The standard InChI is InChI=1S/C14H16N2O2/c1-9-8-12(14(17)18)10(2)16(9)11(3)13-6-4-5-7-15-13/h4-8,11H,1-3H3,(H,17,18). The van der Waals surface area contributed by atoms with E-state index in [2.05, 4.69) is 4.98 Å². The molecule has 0 saturated carbocycles. The summed E-state index contributed by atoms with van der Waals surface area (Å²) in [5.41, 5.74) is 2.98. The van der Waals surface area contributed by atoms with E-state index < -0.39 is 5.97 Å². The lowest BCUT2D eigenvalue weighted by Crippen LogP contribution is -2.12. The highest BCUT2D eigenvalue weighted by Crippen LogP contribution is 2.24. The topological polar surface area (TPSA) is 55.1 Å². The Morgan fingerprint density at radius 3 is 2.61 bits per heavy atom. The zero-order valence-corrected chi connectivity index (χ0v) is 10.7. The molecule has 2 aromatic heterocycles. The average molecular weight is 244 g/mol. The number of pyridine rings is 1. The molecule has 0 aromatic carbocycles. The van der Waals surface area contributed by atoms with Gasteiger partial charge < -0.3 is 9.67 Å². The van der Waals surface area contributed by atoms with Gasteiger partial charge in [-0.05, 0) is 39.0 Å². The maximum absolute atomic E-state index is 11.1. The summed E-state index contributed by atoms with van der Waals surface area (Å²) in [6, 6.07) is 7.49. The van der Waals surface area contributed by atoms with Gasteiger partial charge in [0.05, 0.1) is 17.3 Å². The lowest BCUT2D eigenvalue weighted by molar-refractivity contribution is 0.0696. The predicted molar refractivity (Wildman–Crippen MR) is 68.9 cm³/mol. The van der Waals surface area contributed by atoms with Gasteiger partial charge in [-0.15, -0.1) is 0 Å². The highest BCUT2D eigenvalue weighted by molar-refractivity contribution is 5.89. The molecule has 2 rings (SSSR count). The zero-order valence-electron chi connectivity index (χ0n) is 10.7. The van der Waals surface area contributed by atoms with Gasteiger partial charge in [0.2, 0.25) is 0 Å². The molecule has 1 N–H and O–H groups in total. The van der Waals surface area contributed by atoms with Crippen LogP contribution in [0.5, 0.6) is 0 Å². The van der Waals surface area contributed by atoms with Crippen LogP contribution < -0.4 is 0 Å². The number of hydrogen-bond donors (Lipinski definition) is 1. The van der Waals surface area contributed by atoms with E-state index in [1.54, 1.807) is 12.3 Å². The molecule has 4 heteroatoms. The summed E-state index contributed by atoms with van der Waals surface area (Å²) in [6.07, 6.45) is 1.75. The Bertz CT molecular complexity index is 573. The van der Waals surface area contributed by atoms with E-state index in [0.29, 0.717) is 5.56 Å². The molecule has 2 heterocycles. The third-order valence-electron chi connectivity index (χ3n) is 3.22. The minimum atomic E-state index is -0.887. The Balaban J connectivity index is 2.49. The number of aromatic nitrogens is 2. The fourth-order valence-corrected chi connectivity index (χ4v) is 2.34. The number of hydrogen-bond acceptors (Lipinski definition) is 2. The lowest BCUT2D eigenvalue weighted by atomic mass is 10.2. The van der Waals surface area contributed by atoms with E-state index in [4.69, 9.17) is 5.11 Å². The van der Waals surface area contributed by atoms with Gasteiger partial charge in [0.25, 0.3) is 0 Å². The fraction of sp³-hybridized carbons (Fsp3) is 0.286. The van der Waals surface area contributed by atoms with Crippen LogP contribution in [0, 0.1) is 13.8 Å². The van der Waals surface area contributed by atoms with E-state index in [1.165, 1.54) is 0 Å². The van der Waals surface area contributed by atoms with Gasteiger partial charge in [-0.25, -0.2) is 4.79 Å². The van der Waals surface area contributed by atoms with Crippen molar-refractivity contribution in [1.82, 2.24) is 9.55 Å². The zero-order chi connectivity index (χ0) is 13.3. The Kier molecular flexibility index (Phi) is 3.19. The first-order chi connectivity index (χ1) is 8.52. The van der Waals surface area contributed by atoms with Crippen molar-refractivity contribution in [2.45, 2.75) is 26.8 Å². The van der Waals surface area contributed by atoms with Gasteiger partial charge >= 0.3 is 5.97 Å². The summed E-state index contributed by atoms with van der Waals surface area (Å²) in [6.45, 7) is 5.77. The summed E-state index contributed by atoms with van der Waals surface area (Å²) in [5, 5.41) is 9.13. The first-order valence-corrected chi connectivity index (χ1v) is 5.85. The average Bonchev–Trinajstić information content (AvgIpc) is 2.65. The predicted octanol–water partition coefficient (Wildman–Crippen LogP) is 2.81. The minimum Gasteiger partial charge on any atom is -0.478 e. The maximum atomic E-state index is 11.1. The third kappa shape index (κ3) is 2.01. The Morgan fingerprint density at radius 2 is 2.11 bits per heavy atom. The first kappa shape index (κ1) is 12.4. The summed E-state index contributed by atoms with van der Waals surface area (Å²) < 4.78 is 2.01. The molecule has 0 aliphatic rings. The molecule has 18 heavy (non-hydrogen) atoms. The Labute approximate surface area is 106 Å². The molecular formula is C14H16N2O2. The molecular weight excluding hydrogens is 228 g/mol. The van der Waals surface area contributed by atoms with Crippen LogP contribution in [0.25, 0.3) is 0 Å². The third-order valence-corrected chi connectivity index (χ3v) is 3.22. The molecule has 4 nitrogen and oxygen atoms in total. The summed E-state index contributed by atoms with van der Waals surface area (Å²) >= 11 is 0. The molecule has 94 valence electrons. The number of aryl methyl sites for hydroxylation is 1. The van der Waals surface area contributed by atoms with Crippen LogP contribution in [0.1, 0.15) is 40.4 Å². The second-order valence-corrected chi connectivity index (χ2v) is 4.39. The van der Waals surface area contributed by atoms with Crippen molar-refractivity contribution >= 4 is 5.97 Å². The summed E-state index contributed by atoms with van der Waals surface area (Å²) in [4.78, 5) is 15.4. The van der Waals surface area contributed by atoms with Gasteiger partial charge in [-0.3, -0.25) is 4.98 Å². The monoisotopic (exact) mass is 244 g/mol. The molecule has 0 aliphatic heterocycles. The van der Waals surface area contributed by atoms with Crippen molar-refractivity contribution in [3.63, 3.8) is 0 Å². The SMILES string of the molecule is Cc1cc(C(=O)O)c(C)n1C(C)c1ccccn1. The Morgan fingerprint density at radius 1 is 1.39 bits per heavy atom. The number of carboxylic acids is 1. The van der Waals surface area contributed by atoms with Gasteiger partial charge in [-0.1, -0.05) is 6.07 Å². The molecule has 2 aromatic rings. The molecule has 1 unspecified atom stereocenters. The van der Waals surface area contributed by atoms with E-state index in [0.717, 1.165) is 17.1 Å². The number of nitrogens with zero attached hydrogens (tertiary/aromatic N) is 2. The van der Waals surface area contributed by atoms with Gasteiger partial charge in [0, 0.05) is 17.6 Å². The number of rotatable bonds is 3. The fourth-order valence-electron chi connectivity index (χ4n) is 2.34. The smallest absolute Gasteiger partial charge is 0.337 e. The van der Waals surface area contributed by atoms with Crippen molar-refractivity contribution in [2.75, 3.05) is 0 Å². The second-order valence-electron chi connectivity index (χ2n) is 4.39. The molecule has 0 aliphatic carbocycles. The maximum Gasteiger partial charge on any atom is 0.337 e. The number of carbonyl (C=O) groups is 1. The lowest BCUT2D eigenvalue weighted by Gasteiger charge is -2.18. The van der Waals surface area contributed by atoms with E-state index in [-0.39, 0.29) is 6.04 Å². The first-order valence-electron chi connectivity index (χ1n) is 5.85. The molecule has 0 radical (unpaired) electrons. The normalized spacial score (nSPS) is 12.4. The van der Waals surface area contributed by atoms with Gasteiger partial charge in [0.1, 0.15) is 0 Å². The highest BCUT2D eigenvalue weighted by Gasteiger charge is 2.19. The number of aromatic carboxylic acids is 1. The molecule has 0 saturated heterocycles. The molecule has 1 atom stereocenters. The van der Waals surface area contributed by atoms with Crippen LogP contribution >= 0.6 is 0 Å². The Hall–Kier alpha value is -2.10. The van der Waals surface area contributed by atoms with E-state index in [9.17, 15) is 4.79 Å². The minimum absolute atomic E-state index is 0.0271. The van der Waals surface area contributed by atoms with Crippen LogP contribution in [0.15, 0.2) is 30.5 Å². The van der Waals surface area contributed by atoms with Crippen molar-refractivity contribution in [3.05, 3.63) is 53.1 Å².